The van der Waals surface area contributed by atoms with Crippen molar-refractivity contribution >= 4 is 23.0 Å². The van der Waals surface area contributed by atoms with E-state index >= 15 is 0 Å². The molecule has 0 N–H and O–H groups in total. The molecule has 0 aliphatic heterocycles. The molecule has 92 valence electrons. The molecule has 1 aromatic carbocycles. The Morgan fingerprint density at radius 1 is 1.06 bits per heavy atom. The van der Waals surface area contributed by atoms with Gasteiger partial charge in [-0.25, -0.2) is 0 Å². The first-order valence-electron chi connectivity index (χ1n) is 4.78. The third-order valence-corrected chi connectivity index (χ3v) is 2.58. The van der Waals surface area contributed by atoms with Gasteiger partial charge in [0.2, 0.25) is 0 Å². The highest BCUT2D eigenvalue weighted by molar-refractivity contribution is 6.33. The molecule has 0 fully saturated rings. The van der Waals surface area contributed by atoms with E-state index in [1.807, 2.05) is 0 Å². The highest BCUT2D eigenvalue weighted by Gasteiger charge is 2.36. The van der Waals surface area contributed by atoms with Crippen LogP contribution in [0, 0.1) is 20.2 Å². The average molecular weight is 259 g/mol. The number of halogens is 1. The molecule has 0 radical (unpaired) electrons. The van der Waals surface area contributed by atoms with Gasteiger partial charge in [-0.15, -0.1) is 0 Å². The molecule has 0 amide bonds. The summed E-state index contributed by atoms with van der Waals surface area (Å²) >= 11 is 5.64. The normalized spacial score (nSPS) is 11.3. The van der Waals surface area contributed by atoms with Crippen LogP contribution in [-0.2, 0) is 5.41 Å². The molecular weight excluding hydrogens is 248 g/mol. The third kappa shape index (κ3) is 2.52. The summed E-state index contributed by atoms with van der Waals surface area (Å²) in [6.45, 7) is 5.23. The fourth-order valence-electron chi connectivity index (χ4n) is 1.52. The maximum atomic E-state index is 11.0. The van der Waals surface area contributed by atoms with Gasteiger partial charge < -0.3 is 0 Å². The zero-order valence-electron chi connectivity index (χ0n) is 9.56. The lowest BCUT2D eigenvalue weighted by Gasteiger charge is -2.18. The quantitative estimate of drug-likeness (QED) is 0.600. The molecule has 0 atom stereocenters. The Hall–Kier alpha value is -1.69. The summed E-state index contributed by atoms with van der Waals surface area (Å²) in [6.07, 6.45) is 0. The van der Waals surface area contributed by atoms with Gasteiger partial charge in [0.25, 0.3) is 0 Å². The van der Waals surface area contributed by atoms with Crippen molar-refractivity contribution in [3.8, 4) is 0 Å². The van der Waals surface area contributed by atoms with Crippen LogP contribution in [0.15, 0.2) is 12.1 Å². The third-order valence-electron chi connectivity index (χ3n) is 2.28. The second-order valence-electron chi connectivity index (χ2n) is 4.56. The van der Waals surface area contributed by atoms with Gasteiger partial charge in [0, 0.05) is 5.56 Å². The van der Waals surface area contributed by atoms with Gasteiger partial charge in [0.1, 0.15) is 5.02 Å². The molecule has 17 heavy (non-hydrogen) atoms. The van der Waals surface area contributed by atoms with E-state index in [1.54, 1.807) is 20.8 Å². The van der Waals surface area contributed by atoms with E-state index in [4.69, 9.17) is 11.6 Å². The molecular formula is C10H11ClN2O4. The van der Waals surface area contributed by atoms with Gasteiger partial charge in [-0.3, -0.25) is 20.2 Å². The molecule has 0 saturated heterocycles. The Morgan fingerprint density at radius 2 is 1.53 bits per heavy atom. The maximum Gasteiger partial charge on any atom is 0.364 e. The van der Waals surface area contributed by atoms with E-state index in [-0.39, 0.29) is 5.02 Å². The highest BCUT2D eigenvalue weighted by Crippen LogP contribution is 2.41. The smallest absolute Gasteiger partial charge is 0.258 e. The van der Waals surface area contributed by atoms with Gasteiger partial charge in [0.15, 0.2) is 0 Å². The fraction of sp³-hybridized carbons (Fsp3) is 0.400. The van der Waals surface area contributed by atoms with Crippen LogP contribution in [0.3, 0.4) is 0 Å². The molecule has 0 saturated carbocycles. The van der Waals surface area contributed by atoms with Gasteiger partial charge in [-0.2, -0.15) is 0 Å². The molecule has 0 spiro atoms. The predicted molar refractivity (Wildman–Crippen MR) is 63.5 cm³/mol. The van der Waals surface area contributed by atoms with Crippen molar-refractivity contribution in [2.24, 2.45) is 0 Å². The van der Waals surface area contributed by atoms with Crippen molar-refractivity contribution in [2.45, 2.75) is 26.2 Å². The molecule has 1 rings (SSSR count). The van der Waals surface area contributed by atoms with Crippen LogP contribution in [0.25, 0.3) is 0 Å². The molecule has 0 unspecified atom stereocenters. The van der Waals surface area contributed by atoms with E-state index in [0.29, 0.717) is 5.56 Å². The Morgan fingerprint density at radius 3 is 1.88 bits per heavy atom. The lowest BCUT2D eigenvalue weighted by atomic mass is 9.85. The molecule has 1 aromatic rings. The van der Waals surface area contributed by atoms with E-state index in [2.05, 4.69) is 0 Å². The second-order valence-corrected chi connectivity index (χ2v) is 4.96. The first kappa shape index (κ1) is 13.4. The van der Waals surface area contributed by atoms with Crippen molar-refractivity contribution in [3.63, 3.8) is 0 Å². The molecule has 0 bridgehead atoms. The van der Waals surface area contributed by atoms with Crippen LogP contribution < -0.4 is 0 Å². The number of nitrogens with zero attached hydrogens (tertiary/aromatic N) is 2. The summed E-state index contributed by atoms with van der Waals surface area (Å²) in [5.41, 5.74) is -1.46. The maximum absolute atomic E-state index is 11.0. The standard InChI is InChI=1S/C10H11ClN2O4/c1-10(2,3)6-4-5-7(11)9(13(16)17)8(6)12(14)15/h4-5H,1-3H3. The highest BCUT2D eigenvalue weighted by atomic mass is 35.5. The summed E-state index contributed by atoms with van der Waals surface area (Å²) in [4.78, 5) is 20.2. The molecule has 0 aromatic heterocycles. The van der Waals surface area contributed by atoms with Crippen LogP contribution in [0.5, 0.6) is 0 Å². The molecule has 6 nitrogen and oxygen atoms in total. The summed E-state index contributed by atoms with van der Waals surface area (Å²) in [5.74, 6) is 0. The first-order chi connectivity index (χ1) is 7.66. The average Bonchev–Trinajstić information content (AvgIpc) is 2.14. The van der Waals surface area contributed by atoms with Gasteiger partial charge in [-0.1, -0.05) is 32.4 Å². The minimum Gasteiger partial charge on any atom is -0.258 e. The summed E-state index contributed by atoms with van der Waals surface area (Å²) in [5, 5.41) is 21.6. The molecule has 0 aliphatic carbocycles. The van der Waals surface area contributed by atoms with Crippen molar-refractivity contribution < 1.29 is 9.85 Å². The monoisotopic (exact) mass is 258 g/mol. The lowest BCUT2D eigenvalue weighted by Crippen LogP contribution is -2.15. The zero-order valence-corrected chi connectivity index (χ0v) is 10.3. The summed E-state index contributed by atoms with van der Waals surface area (Å²) in [6, 6.07) is 2.76. The molecule has 7 heteroatoms. The topological polar surface area (TPSA) is 86.3 Å². The summed E-state index contributed by atoms with van der Waals surface area (Å²) < 4.78 is 0. The zero-order chi connectivity index (χ0) is 13.4. The number of hydrogen-bond acceptors (Lipinski definition) is 4. The van der Waals surface area contributed by atoms with Crippen LogP contribution in [-0.4, -0.2) is 9.85 Å². The van der Waals surface area contributed by atoms with Crippen LogP contribution >= 0.6 is 11.6 Å². The van der Waals surface area contributed by atoms with Gasteiger partial charge in [-0.05, 0) is 17.5 Å². The Labute approximate surface area is 103 Å². The van der Waals surface area contributed by atoms with E-state index in [9.17, 15) is 20.2 Å². The SMILES string of the molecule is CC(C)(C)c1ccc(Cl)c([N+](=O)[O-])c1[N+](=O)[O-]. The van der Waals surface area contributed by atoms with Crippen LogP contribution in [0.1, 0.15) is 26.3 Å². The number of benzene rings is 1. The minimum atomic E-state index is -0.824. The van der Waals surface area contributed by atoms with Crippen LogP contribution in [0.4, 0.5) is 11.4 Å². The van der Waals surface area contributed by atoms with Crippen molar-refractivity contribution in [2.75, 3.05) is 0 Å². The summed E-state index contributed by atoms with van der Waals surface area (Å²) in [7, 11) is 0. The predicted octanol–water partition coefficient (Wildman–Crippen LogP) is 3.45. The molecule has 0 heterocycles. The number of rotatable bonds is 2. The van der Waals surface area contributed by atoms with E-state index in [0.717, 1.165) is 0 Å². The van der Waals surface area contributed by atoms with E-state index < -0.39 is 26.6 Å². The van der Waals surface area contributed by atoms with Crippen molar-refractivity contribution in [1.82, 2.24) is 0 Å². The van der Waals surface area contributed by atoms with Crippen LogP contribution in [0.2, 0.25) is 5.02 Å². The van der Waals surface area contributed by atoms with Gasteiger partial charge in [0.05, 0.1) is 9.85 Å². The Bertz CT molecular complexity index is 494. The number of nitro groups is 2. The number of hydrogen-bond donors (Lipinski definition) is 0. The van der Waals surface area contributed by atoms with E-state index in [1.165, 1.54) is 12.1 Å². The lowest BCUT2D eigenvalue weighted by molar-refractivity contribution is -0.423. The largest absolute Gasteiger partial charge is 0.364 e. The van der Waals surface area contributed by atoms with Crippen molar-refractivity contribution in [3.05, 3.63) is 42.9 Å². The first-order valence-corrected chi connectivity index (χ1v) is 5.16. The molecule has 0 aliphatic rings. The second kappa shape index (κ2) is 4.29. The number of nitro benzene ring substituents is 2. The Kier molecular flexibility index (Phi) is 3.38. The van der Waals surface area contributed by atoms with Crippen molar-refractivity contribution in [1.29, 1.82) is 0 Å². The van der Waals surface area contributed by atoms with Gasteiger partial charge >= 0.3 is 11.4 Å². The fourth-order valence-corrected chi connectivity index (χ4v) is 1.74. The minimum absolute atomic E-state index is 0.227. The Balaban J connectivity index is 3.72.